The Morgan fingerprint density at radius 2 is 1.68 bits per heavy atom. The lowest BCUT2D eigenvalue weighted by Crippen LogP contribution is -2.26. The minimum Gasteiger partial charge on any atom is -0.497 e. The maximum atomic E-state index is 12.3. The summed E-state index contributed by atoms with van der Waals surface area (Å²) in [6, 6.07) is 12.8. The Morgan fingerprint density at radius 1 is 1.00 bits per heavy atom. The molecule has 4 nitrogen and oxygen atoms in total. The van der Waals surface area contributed by atoms with Crippen molar-refractivity contribution in [3.63, 3.8) is 0 Å². The van der Waals surface area contributed by atoms with Crippen molar-refractivity contribution in [1.29, 1.82) is 0 Å². The van der Waals surface area contributed by atoms with Gasteiger partial charge < -0.3 is 4.74 Å². The fraction of sp³-hybridized carbons (Fsp3) is 0.294. The van der Waals surface area contributed by atoms with E-state index < -0.39 is 10.0 Å². The smallest absolute Gasteiger partial charge is 0.240 e. The normalized spacial score (nSPS) is 11.4. The van der Waals surface area contributed by atoms with Crippen LogP contribution in [-0.2, 0) is 16.4 Å². The van der Waals surface area contributed by atoms with Crippen LogP contribution in [0.4, 0.5) is 0 Å². The summed E-state index contributed by atoms with van der Waals surface area (Å²) in [4.78, 5) is 0.310. The zero-order valence-corrected chi connectivity index (χ0v) is 13.9. The van der Waals surface area contributed by atoms with Crippen molar-refractivity contribution in [3.05, 3.63) is 59.2 Å². The van der Waals surface area contributed by atoms with Gasteiger partial charge in [-0.3, -0.25) is 0 Å². The Bertz CT molecular complexity index is 737. The first-order valence-electron chi connectivity index (χ1n) is 7.12. The van der Waals surface area contributed by atoms with Gasteiger partial charge in [0.1, 0.15) is 5.75 Å². The summed E-state index contributed by atoms with van der Waals surface area (Å²) >= 11 is 0. The van der Waals surface area contributed by atoms with Gasteiger partial charge in [-0.05, 0) is 61.2 Å². The Morgan fingerprint density at radius 3 is 2.27 bits per heavy atom. The number of aryl methyl sites for hydroxylation is 2. The molecule has 0 radical (unpaired) electrons. The summed E-state index contributed by atoms with van der Waals surface area (Å²) in [6.45, 7) is 4.23. The zero-order chi connectivity index (χ0) is 16.2. The molecule has 0 saturated heterocycles. The molecule has 5 heteroatoms. The van der Waals surface area contributed by atoms with Gasteiger partial charge in [0.05, 0.1) is 12.0 Å². The number of hydrogen-bond acceptors (Lipinski definition) is 3. The predicted molar refractivity (Wildman–Crippen MR) is 87.8 cm³/mol. The number of nitrogens with one attached hydrogen (secondary N) is 1. The molecule has 0 heterocycles. The third kappa shape index (κ3) is 4.08. The van der Waals surface area contributed by atoms with Gasteiger partial charge in [0.2, 0.25) is 10.0 Å². The van der Waals surface area contributed by atoms with Gasteiger partial charge in [-0.2, -0.15) is 0 Å². The van der Waals surface area contributed by atoms with Gasteiger partial charge >= 0.3 is 0 Å². The van der Waals surface area contributed by atoms with E-state index in [0.717, 1.165) is 22.4 Å². The van der Waals surface area contributed by atoms with Crippen LogP contribution in [0.3, 0.4) is 0 Å². The topological polar surface area (TPSA) is 55.4 Å². The van der Waals surface area contributed by atoms with E-state index >= 15 is 0 Å². The third-order valence-corrected chi connectivity index (χ3v) is 5.11. The summed E-state index contributed by atoms with van der Waals surface area (Å²) in [5.74, 6) is 0.791. The molecule has 0 bridgehead atoms. The monoisotopic (exact) mass is 319 g/mol. The minimum absolute atomic E-state index is 0.310. The van der Waals surface area contributed by atoms with Gasteiger partial charge in [0.25, 0.3) is 0 Å². The molecule has 1 N–H and O–H groups in total. The molecule has 2 aromatic rings. The van der Waals surface area contributed by atoms with E-state index in [0.29, 0.717) is 17.9 Å². The molecule has 0 aliphatic rings. The first-order valence-corrected chi connectivity index (χ1v) is 8.60. The maximum Gasteiger partial charge on any atom is 0.240 e. The molecule has 0 fully saturated rings. The van der Waals surface area contributed by atoms with E-state index in [2.05, 4.69) is 4.72 Å². The average Bonchev–Trinajstić information content (AvgIpc) is 2.50. The number of ether oxygens (including phenoxy) is 1. The average molecular weight is 319 g/mol. The van der Waals surface area contributed by atoms with Gasteiger partial charge in [0, 0.05) is 6.54 Å². The van der Waals surface area contributed by atoms with Crippen LogP contribution in [0.25, 0.3) is 0 Å². The molecule has 0 unspecified atom stereocenters. The van der Waals surface area contributed by atoms with E-state index in [-0.39, 0.29) is 0 Å². The summed E-state index contributed by atoms with van der Waals surface area (Å²) in [6.07, 6.45) is 0.633. The van der Waals surface area contributed by atoms with Crippen LogP contribution >= 0.6 is 0 Å². The first kappa shape index (κ1) is 16.5. The van der Waals surface area contributed by atoms with Crippen molar-refractivity contribution < 1.29 is 13.2 Å². The molecule has 0 amide bonds. The number of methoxy groups -OCH3 is 1. The number of benzene rings is 2. The maximum absolute atomic E-state index is 12.3. The van der Waals surface area contributed by atoms with Crippen LogP contribution in [0, 0.1) is 13.8 Å². The van der Waals surface area contributed by atoms with E-state index in [1.165, 1.54) is 0 Å². The first-order chi connectivity index (χ1) is 10.4. The molecular formula is C17H21NO3S. The Labute approximate surface area is 132 Å². The van der Waals surface area contributed by atoms with E-state index in [9.17, 15) is 8.42 Å². The number of hydrogen-bond donors (Lipinski definition) is 1. The summed E-state index contributed by atoms with van der Waals surface area (Å²) in [5.41, 5.74) is 3.11. The van der Waals surface area contributed by atoms with Crippen molar-refractivity contribution in [2.45, 2.75) is 25.2 Å². The molecule has 0 spiro atoms. The van der Waals surface area contributed by atoms with E-state index in [1.807, 2.05) is 44.2 Å². The fourth-order valence-corrected chi connectivity index (χ4v) is 3.20. The molecular weight excluding hydrogens is 298 g/mol. The number of sulfonamides is 1. The minimum atomic E-state index is -3.46. The predicted octanol–water partition coefficient (Wildman–Crippen LogP) is 2.83. The third-order valence-electron chi connectivity index (χ3n) is 3.65. The van der Waals surface area contributed by atoms with E-state index in [1.54, 1.807) is 19.2 Å². The van der Waals surface area contributed by atoms with Crippen molar-refractivity contribution >= 4 is 10.0 Å². The van der Waals surface area contributed by atoms with Crippen LogP contribution in [0.5, 0.6) is 5.75 Å². The second-order valence-corrected chi connectivity index (χ2v) is 7.01. The van der Waals surface area contributed by atoms with Crippen molar-refractivity contribution in [2.75, 3.05) is 13.7 Å². The fourth-order valence-electron chi connectivity index (χ4n) is 2.09. The van der Waals surface area contributed by atoms with Crippen LogP contribution in [0.15, 0.2) is 47.4 Å². The van der Waals surface area contributed by atoms with Gasteiger partial charge in [-0.25, -0.2) is 13.1 Å². The second kappa shape index (κ2) is 6.94. The lowest BCUT2D eigenvalue weighted by atomic mass is 10.1. The standard InChI is InChI=1S/C17H21NO3S/c1-13-4-9-17(12-14(13)2)22(19,20)18-11-10-15-5-7-16(21-3)8-6-15/h4-9,12,18H,10-11H2,1-3H3. The summed E-state index contributed by atoms with van der Waals surface area (Å²) in [5, 5.41) is 0. The quantitative estimate of drug-likeness (QED) is 0.891. The van der Waals surface area contributed by atoms with Gasteiger partial charge in [-0.1, -0.05) is 18.2 Å². The molecule has 0 aliphatic carbocycles. The molecule has 22 heavy (non-hydrogen) atoms. The lowest BCUT2D eigenvalue weighted by Gasteiger charge is -2.09. The van der Waals surface area contributed by atoms with Gasteiger partial charge in [-0.15, -0.1) is 0 Å². The van der Waals surface area contributed by atoms with Crippen LogP contribution < -0.4 is 9.46 Å². The lowest BCUT2D eigenvalue weighted by molar-refractivity contribution is 0.414. The molecule has 0 aromatic heterocycles. The Hall–Kier alpha value is -1.85. The molecule has 0 saturated carbocycles. The molecule has 2 rings (SSSR count). The zero-order valence-electron chi connectivity index (χ0n) is 13.1. The molecule has 2 aromatic carbocycles. The highest BCUT2D eigenvalue weighted by molar-refractivity contribution is 7.89. The second-order valence-electron chi connectivity index (χ2n) is 5.24. The van der Waals surface area contributed by atoms with Crippen molar-refractivity contribution in [1.82, 2.24) is 4.72 Å². The molecule has 0 atom stereocenters. The number of rotatable bonds is 6. The van der Waals surface area contributed by atoms with Crippen molar-refractivity contribution in [3.8, 4) is 5.75 Å². The molecule has 118 valence electrons. The largest absolute Gasteiger partial charge is 0.497 e. The van der Waals surface area contributed by atoms with Crippen molar-refractivity contribution in [2.24, 2.45) is 0 Å². The van der Waals surface area contributed by atoms with Crippen LogP contribution in [0.1, 0.15) is 16.7 Å². The summed E-state index contributed by atoms with van der Waals surface area (Å²) < 4.78 is 32.2. The highest BCUT2D eigenvalue weighted by Crippen LogP contribution is 2.15. The molecule has 0 aliphatic heterocycles. The highest BCUT2D eigenvalue weighted by Gasteiger charge is 2.13. The highest BCUT2D eigenvalue weighted by atomic mass is 32.2. The summed E-state index contributed by atoms with van der Waals surface area (Å²) in [7, 11) is -1.84. The van der Waals surface area contributed by atoms with E-state index in [4.69, 9.17) is 4.74 Å². The Balaban J connectivity index is 1.98. The SMILES string of the molecule is COc1ccc(CCNS(=O)(=O)c2ccc(C)c(C)c2)cc1. The van der Waals surface area contributed by atoms with Crippen LogP contribution in [0.2, 0.25) is 0 Å². The van der Waals surface area contributed by atoms with Crippen LogP contribution in [-0.4, -0.2) is 22.1 Å². The Kier molecular flexibility index (Phi) is 5.21. The van der Waals surface area contributed by atoms with Gasteiger partial charge in [0.15, 0.2) is 0 Å².